The first-order chi connectivity index (χ1) is 6.79. The van der Waals surface area contributed by atoms with Crippen molar-refractivity contribution in [3.8, 4) is 0 Å². The third-order valence-corrected chi connectivity index (χ3v) is 4.33. The van der Waals surface area contributed by atoms with E-state index in [1.165, 1.54) is 44.9 Å². The molecule has 0 saturated heterocycles. The van der Waals surface area contributed by atoms with Crippen molar-refractivity contribution in [3.63, 3.8) is 0 Å². The predicted octanol–water partition coefficient (Wildman–Crippen LogP) is 4.53. The molecule has 1 fully saturated rings. The number of rotatable bonds is 2. The Kier molecular flexibility index (Phi) is 3.54. The van der Waals surface area contributed by atoms with Gasteiger partial charge < -0.3 is 0 Å². The molecule has 3 atom stereocenters. The van der Waals surface area contributed by atoms with E-state index in [9.17, 15) is 0 Å². The molecular weight excluding hydrogens is 192 g/mol. The van der Waals surface area contributed by atoms with Crippen LogP contribution in [0.1, 0.15) is 51.9 Å². The lowest BCUT2D eigenvalue weighted by Crippen LogP contribution is -2.16. The van der Waals surface area contributed by atoms with E-state index >= 15 is 0 Å². The zero-order chi connectivity index (χ0) is 9.97. The van der Waals surface area contributed by atoms with Crippen molar-refractivity contribution in [3.05, 3.63) is 11.6 Å². The Morgan fingerprint density at radius 2 is 2.21 bits per heavy atom. The van der Waals surface area contributed by atoms with Gasteiger partial charge in [-0.2, -0.15) is 0 Å². The third-order valence-electron chi connectivity index (χ3n) is 3.99. The molecule has 0 radical (unpaired) electrons. The molecule has 80 valence electrons. The van der Waals surface area contributed by atoms with Gasteiger partial charge in [0.15, 0.2) is 0 Å². The molecule has 0 aromatic heterocycles. The lowest BCUT2D eigenvalue weighted by molar-refractivity contribution is 0.286. The fourth-order valence-corrected chi connectivity index (χ4v) is 3.31. The highest BCUT2D eigenvalue weighted by Crippen LogP contribution is 2.39. The van der Waals surface area contributed by atoms with Crippen molar-refractivity contribution in [2.75, 3.05) is 0 Å². The number of hydrogen-bond donors (Lipinski definition) is 0. The van der Waals surface area contributed by atoms with Gasteiger partial charge in [-0.05, 0) is 37.5 Å². The minimum Gasteiger partial charge on any atom is -0.118 e. The van der Waals surface area contributed by atoms with E-state index in [-0.39, 0.29) is 0 Å². The van der Waals surface area contributed by atoms with Crippen LogP contribution in [0.15, 0.2) is 11.6 Å². The highest BCUT2D eigenvalue weighted by molar-refractivity contribution is 6.22. The zero-order valence-electron chi connectivity index (χ0n) is 9.14. The van der Waals surface area contributed by atoms with Gasteiger partial charge in [0.25, 0.3) is 0 Å². The monoisotopic (exact) mass is 212 g/mol. The Hall–Kier alpha value is 0.0300. The lowest BCUT2D eigenvalue weighted by Gasteiger charge is -2.29. The third kappa shape index (κ3) is 2.34. The van der Waals surface area contributed by atoms with Crippen LogP contribution in [-0.2, 0) is 0 Å². The maximum absolute atomic E-state index is 6.12. The molecule has 0 spiro atoms. The lowest BCUT2D eigenvalue weighted by atomic mass is 9.76. The second-order valence-corrected chi connectivity index (χ2v) is 5.49. The van der Waals surface area contributed by atoms with E-state index in [0.29, 0.717) is 5.38 Å². The Labute approximate surface area is 92.7 Å². The summed E-state index contributed by atoms with van der Waals surface area (Å²) < 4.78 is 0. The molecular formula is C13H21Cl. The summed E-state index contributed by atoms with van der Waals surface area (Å²) in [6.07, 6.45) is 11.9. The van der Waals surface area contributed by atoms with Crippen molar-refractivity contribution >= 4 is 11.6 Å². The van der Waals surface area contributed by atoms with Gasteiger partial charge in [-0.3, -0.25) is 0 Å². The van der Waals surface area contributed by atoms with E-state index in [1.54, 1.807) is 5.57 Å². The maximum atomic E-state index is 6.12. The maximum Gasteiger partial charge on any atom is 0.0521 e. The molecule has 0 N–H and O–H groups in total. The molecule has 14 heavy (non-hydrogen) atoms. The van der Waals surface area contributed by atoms with Crippen LogP contribution in [0.5, 0.6) is 0 Å². The Balaban J connectivity index is 1.94. The van der Waals surface area contributed by atoms with Crippen molar-refractivity contribution in [1.82, 2.24) is 0 Å². The van der Waals surface area contributed by atoms with Gasteiger partial charge in [0, 0.05) is 0 Å². The molecule has 1 heteroatoms. The van der Waals surface area contributed by atoms with E-state index < -0.39 is 0 Å². The average molecular weight is 213 g/mol. The molecule has 0 heterocycles. The topological polar surface area (TPSA) is 0 Å². The number of allylic oxidation sites excluding steroid dienone is 2. The summed E-state index contributed by atoms with van der Waals surface area (Å²) in [6, 6.07) is 0. The molecule has 2 aliphatic carbocycles. The van der Waals surface area contributed by atoms with Crippen LogP contribution in [0.4, 0.5) is 0 Å². The van der Waals surface area contributed by atoms with Crippen LogP contribution in [0, 0.1) is 11.8 Å². The summed E-state index contributed by atoms with van der Waals surface area (Å²) in [5, 5.41) is 0.340. The van der Waals surface area contributed by atoms with Crippen LogP contribution in [0.2, 0.25) is 0 Å². The van der Waals surface area contributed by atoms with E-state index in [4.69, 9.17) is 11.6 Å². The highest BCUT2D eigenvalue weighted by Gasteiger charge is 2.26. The van der Waals surface area contributed by atoms with Crippen molar-refractivity contribution in [2.24, 2.45) is 11.8 Å². The van der Waals surface area contributed by atoms with Crippen molar-refractivity contribution in [1.29, 1.82) is 0 Å². The van der Waals surface area contributed by atoms with E-state index in [0.717, 1.165) is 11.8 Å². The Bertz CT molecular complexity index is 219. The highest BCUT2D eigenvalue weighted by atomic mass is 35.5. The van der Waals surface area contributed by atoms with Gasteiger partial charge in [0.1, 0.15) is 0 Å². The second kappa shape index (κ2) is 4.70. The Morgan fingerprint density at radius 3 is 2.86 bits per heavy atom. The minimum absolute atomic E-state index is 0.340. The molecule has 2 rings (SSSR count). The van der Waals surface area contributed by atoms with Gasteiger partial charge in [-0.25, -0.2) is 0 Å². The normalized spacial score (nSPS) is 38.4. The van der Waals surface area contributed by atoms with E-state index in [2.05, 4.69) is 13.0 Å². The van der Waals surface area contributed by atoms with Gasteiger partial charge in [-0.1, -0.05) is 37.8 Å². The van der Waals surface area contributed by atoms with E-state index in [1.807, 2.05) is 0 Å². The molecule has 0 aromatic rings. The first kappa shape index (κ1) is 10.5. The Morgan fingerprint density at radius 1 is 1.36 bits per heavy atom. The number of halogens is 1. The molecule has 0 bridgehead atoms. The second-order valence-electron chi connectivity index (χ2n) is 4.93. The van der Waals surface area contributed by atoms with Crippen LogP contribution >= 0.6 is 11.6 Å². The van der Waals surface area contributed by atoms with Gasteiger partial charge in [-0.15, -0.1) is 11.6 Å². The molecule has 0 aliphatic heterocycles. The molecule has 3 unspecified atom stereocenters. The standard InChI is InChI=1S/C13H21Cl/c1-2-10-4-3-5-11(8-10)12-6-7-13(14)9-12/h9-11,13H,2-8H2,1H3. The fraction of sp³-hybridized carbons (Fsp3) is 0.846. The minimum atomic E-state index is 0.340. The SMILES string of the molecule is CCC1CCCC(C2=CC(Cl)CC2)C1. The first-order valence-electron chi connectivity index (χ1n) is 6.14. The number of alkyl halides is 1. The molecule has 0 nitrogen and oxygen atoms in total. The fourth-order valence-electron chi connectivity index (χ4n) is 3.04. The van der Waals surface area contributed by atoms with Crippen LogP contribution in [0.25, 0.3) is 0 Å². The summed E-state index contributed by atoms with van der Waals surface area (Å²) in [4.78, 5) is 0. The largest absolute Gasteiger partial charge is 0.118 e. The summed E-state index contributed by atoms with van der Waals surface area (Å²) in [6.45, 7) is 2.33. The van der Waals surface area contributed by atoms with Crippen LogP contribution in [0.3, 0.4) is 0 Å². The first-order valence-corrected chi connectivity index (χ1v) is 6.58. The van der Waals surface area contributed by atoms with Crippen LogP contribution in [-0.4, -0.2) is 5.38 Å². The molecule has 0 amide bonds. The van der Waals surface area contributed by atoms with Crippen LogP contribution < -0.4 is 0 Å². The predicted molar refractivity (Wildman–Crippen MR) is 62.7 cm³/mol. The zero-order valence-corrected chi connectivity index (χ0v) is 9.89. The van der Waals surface area contributed by atoms with Crippen molar-refractivity contribution in [2.45, 2.75) is 57.2 Å². The van der Waals surface area contributed by atoms with Gasteiger partial charge in [0.05, 0.1) is 5.38 Å². The van der Waals surface area contributed by atoms with Gasteiger partial charge >= 0.3 is 0 Å². The molecule has 0 aromatic carbocycles. The summed E-state index contributed by atoms with van der Waals surface area (Å²) in [5.41, 5.74) is 1.68. The average Bonchev–Trinajstić information content (AvgIpc) is 2.65. The van der Waals surface area contributed by atoms with Crippen molar-refractivity contribution < 1.29 is 0 Å². The summed E-state index contributed by atoms with van der Waals surface area (Å²) >= 11 is 6.12. The summed E-state index contributed by atoms with van der Waals surface area (Å²) in [7, 11) is 0. The molecule has 1 saturated carbocycles. The van der Waals surface area contributed by atoms with Gasteiger partial charge in [0.2, 0.25) is 0 Å². The molecule has 2 aliphatic rings. The number of hydrogen-bond acceptors (Lipinski definition) is 0. The quantitative estimate of drug-likeness (QED) is 0.466. The summed E-state index contributed by atoms with van der Waals surface area (Å²) in [5.74, 6) is 1.88. The smallest absolute Gasteiger partial charge is 0.0521 e.